The number of rotatable bonds is 3. The molecule has 16 heavy (non-hydrogen) atoms. The van der Waals surface area contributed by atoms with Gasteiger partial charge in [0.1, 0.15) is 0 Å². The predicted molar refractivity (Wildman–Crippen MR) is 52.6 cm³/mol. The van der Waals surface area contributed by atoms with Gasteiger partial charge in [-0.05, 0) is 31.5 Å². The molecule has 0 amide bonds. The van der Waals surface area contributed by atoms with Crippen LogP contribution in [0.2, 0.25) is 0 Å². The summed E-state index contributed by atoms with van der Waals surface area (Å²) in [5, 5.41) is 9.84. The van der Waals surface area contributed by atoms with Crippen molar-refractivity contribution in [3.05, 3.63) is 35.4 Å². The summed E-state index contributed by atoms with van der Waals surface area (Å²) in [7, 11) is 0. The second-order valence-corrected chi connectivity index (χ2v) is 3.42. The van der Waals surface area contributed by atoms with E-state index >= 15 is 0 Å². The monoisotopic (exact) mass is 230 g/mol. The summed E-state index contributed by atoms with van der Waals surface area (Å²) in [4.78, 5) is 11.4. The highest BCUT2D eigenvalue weighted by atomic mass is 19.2. The lowest BCUT2D eigenvalue weighted by Crippen LogP contribution is -2.34. The van der Waals surface area contributed by atoms with Gasteiger partial charge in [-0.15, -0.1) is 0 Å². The van der Waals surface area contributed by atoms with E-state index in [0.29, 0.717) is 0 Å². The summed E-state index contributed by atoms with van der Waals surface area (Å²) >= 11 is 0. The molecule has 0 unspecified atom stereocenters. The van der Waals surface area contributed by atoms with Crippen LogP contribution in [-0.2, 0) is 15.1 Å². The van der Waals surface area contributed by atoms with Gasteiger partial charge < -0.3 is 9.84 Å². The Hall–Kier alpha value is -1.49. The molecule has 0 saturated carbocycles. The molecule has 0 heterocycles. The Kier molecular flexibility index (Phi) is 3.59. The van der Waals surface area contributed by atoms with Gasteiger partial charge in [0.25, 0.3) is 0 Å². The fraction of sp³-hybridized carbons (Fsp3) is 0.364. The van der Waals surface area contributed by atoms with Crippen LogP contribution in [0.3, 0.4) is 0 Å². The number of hydrogen-bond acceptors (Lipinski definition) is 3. The van der Waals surface area contributed by atoms with E-state index in [1.54, 1.807) is 6.92 Å². The van der Waals surface area contributed by atoms with Crippen LogP contribution in [0.25, 0.3) is 0 Å². The van der Waals surface area contributed by atoms with Crippen LogP contribution in [0.15, 0.2) is 18.2 Å². The maximum absolute atomic E-state index is 12.9. The Bertz CT molecular complexity index is 402. The Morgan fingerprint density at radius 3 is 2.56 bits per heavy atom. The normalized spacial score (nSPS) is 14.3. The van der Waals surface area contributed by atoms with Gasteiger partial charge in [0.2, 0.25) is 0 Å². The van der Waals surface area contributed by atoms with Gasteiger partial charge in [0, 0.05) is 0 Å². The molecule has 0 spiro atoms. The fourth-order valence-corrected chi connectivity index (χ4v) is 1.19. The molecule has 1 aromatic rings. The zero-order valence-electron chi connectivity index (χ0n) is 8.96. The highest BCUT2D eigenvalue weighted by molar-refractivity contribution is 5.80. The maximum atomic E-state index is 12.9. The summed E-state index contributed by atoms with van der Waals surface area (Å²) < 4.78 is 30.2. The topological polar surface area (TPSA) is 46.5 Å². The Balaban J connectivity index is 3.06. The summed E-state index contributed by atoms with van der Waals surface area (Å²) in [5.74, 6) is -3.06. The third kappa shape index (κ3) is 2.36. The third-order valence-corrected chi connectivity index (χ3v) is 2.15. The lowest BCUT2D eigenvalue weighted by atomic mass is 9.96. The molecule has 3 nitrogen and oxygen atoms in total. The van der Waals surface area contributed by atoms with Crippen molar-refractivity contribution < 1.29 is 23.4 Å². The molecule has 1 aromatic carbocycles. The van der Waals surface area contributed by atoms with Crippen LogP contribution in [0.1, 0.15) is 19.4 Å². The second-order valence-electron chi connectivity index (χ2n) is 3.42. The van der Waals surface area contributed by atoms with E-state index in [0.717, 1.165) is 25.1 Å². The molecule has 0 aliphatic carbocycles. The van der Waals surface area contributed by atoms with E-state index in [2.05, 4.69) is 4.74 Å². The Labute approximate surface area is 91.7 Å². The number of halogens is 2. The summed E-state index contributed by atoms with van der Waals surface area (Å²) in [5.41, 5.74) is -2.03. The zero-order chi connectivity index (χ0) is 12.3. The van der Waals surface area contributed by atoms with Crippen molar-refractivity contribution in [3.8, 4) is 0 Å². The standard InChI is InChI=1S/C11H12F2O3/c1-3-16-10(14)11(2,15)7-4-5-8(12)9(13)6-7/h4-6,15H,3H2,1-2H3/t11-/m0/s1. The lowest BCUT2D eigenvalue weighted by molar-refractivity contribution is -0.164. The minimum Gasteiger partial charge on any atom is -0.464 e. The van der Waals surface area contributed by atoms with Crippen molar-refractivity contribution in [2.75, 3.05) is 6.61 Å². The Morgan fingerprint density at radius 2 is 2.06 bits per heavy atom. The molecule has 0 aromatic heterocycles. The van der Waals surface area contributed by atoms with Crippen LogP contribution in [-0.4, -0.2) is 17.7 Å². The van der Waals surface area contributed by atoms with Crippen LogP contribution >= 0.6 is 0 Å². The van der Waals surface area contributed by atoms with E-state index in [1.165, 1.54) is 0 Å². The summed E-state index contributed by atoms with van der Waals surface area (Å²) in [6, 6.07) is 2.75. The first-order chi connectivity index (χ1) is 7.39. The number of hydrogen-bond donors (Lipinski definition) is 1. The smallest absolute Gasteiger partial charge is 0.342 e. The quantitative estimate of drug-likeness (QED) is 0.804. The van der Waals surface area contributed by atoms with Crippen molar-refractivity contribution in [2.24, 2.45) is 0 Å². The molecular formula is C11H12F2O3. The van der Waals surface area contributed by atoms with E-state index < -0.39 is 23.2 Å². The largest absolute Gasteiger partial charge is 0.464 e. The molecule has 88 valence electrons. The molecule has 1 atom stereocenters. The number of carbonyl (C=O) groups is 1. The van der Waals surface area contributed by atoms with Crippen molar-refractivity contribution in [3.63, 3.8) is 0 Å². The van der Waals surface area contributed by atoms with Crippen LogP contribution < -0.4 is 0 Å². The maximum Gasteiger partial charge on any atom is 0.342 e. The first-order valence-corrected chi connectivity index (χ1v) is 4.74. The minimum atomic E-state index is -1.98. The predicted octanol–water partition coefficient (Wildman–Crippen LogP) is 1.74. The van der Waals surface area contributed by atoms with Crippen LogP contribution in [0.5, 0.6) is 0 Å². The number of ether oxygens (including phenoxy) is 1. The molecule has 0 saturated heterocycles. The molecule has 0 fully saturated rings. The molecule has 5 heteroatoms. The van der Waals surface area contributed by atoms with E-state index in [9.17, 15) is 18.7 Å². The second kappa shape index (κ2) is 4.57. The van der Waals surface area contributed by atoms with Crippen LogP contribution in [0.4, 0.5) is 8.78 Å². The highest BCUT2D eigenvalue weighted by Crippen LogP contribution is 2.23. The molecule has 1 N–H and O–H groups in total. The highest BCUT2D eigenvalue weighted by Gasteiger charge is 2.34. The van der Waals surface area contributed by atoms with E-state index in [4.69, 9.17) is 0 Å². The van der Waals surface area contributed by atoms with E-state index in [1.807, 2.05) is 0 Å². The SMILES string of the molecule is CCOC(=O)[C@@](C)(O)c1ccc(F)c(F)c1. The third-order valence-electron chi connectivity index (χ3n) is 2.15. The zero-order valence-corrected chi connectivity index (χ0v) is 8.96. The van der Waals surface area contributed by atoms with Gasteiger partial charge in [-0.1, -0.05) is 6.07 Å². The first kappa shape index (κ1) is 12.6. The van der Waals surface area contributed by atoms with Crippen molar-refractivity contribution >= 4 is 5.97 Å². The molecule has 0 aliphatic heterocycles. The van der Waals surface area contributed by atoms with Gasteiger partial charge in [-0.25, -0.2) is 13.6 Å². The van der Waals surface area contributed by atoms with Crippen LogP contribution in [0, 0.1) is 11.6 Å². The van der Waals surface area contributed by atoms with Gasteiger partial charge >= 0.3 is 5.97 Å². The molecule has 0 aliphatic rings. The summed E-state index contributed by atoms with van der Waals surface area (Å²) in [6.07, 6.45) is 0. The number of esters is 1. The number of benzene rings is 1. The van der Waals surface area contributed by atoms with E-state index in [-0.39, 0.29) is 12.2 Å². The average molecular weight is 230 g/mol. The number of carbonyl (C=O) groups excluding carboxylic acids is 1. The number of aliphatic hydroxyl groups is 1. The fourth-order valence-electron chi connectivity index (χ4n) is 1.19. The lowest BCUT2D eigenvalue weighted by Gasteiger charge is -2.21. The molecule has 0 radical (unpaired) electrons. The molecular weight excluding hydrogens is 218 g/mol. The van der Waals surface area contributed by atoms with Gasteiger partial charge in [0.15, 0.2) is 17.2 Å². The Morgan fingerprint density at radius 1 is 1.44 bits per heavy atom. The van der Waals surface area contributed by atoms with Gasteiger partial charge in [-0.3, -0.25) is 0 Å². The average Bonchev–Trinajstić information content (AvgIpc) is 2.22. The van der Waals surface area contributed by atoms with Crippen molar-refractivity contribution in [2.45, 2.75) is 19.4 Å². The molecule has 1 rings (SSSR count). The van der Waals surface area contributed by atoms with Crippen molar-refractivity contribution in [1.82, 2.24) is 0 Å². The minimum absolute atomic E-state index is 0.0511. The summed E-state index contributed by atoms with van der Waals surface area (Å²) in [6.45, 7) is 2.84. The first-order valence-electron chi connectivity index (χ1n) is 4.74. The van der Waals surface area contributed by atoms with Gasteiger partial charge in [0.05, 0.1) is 6.61 Å². The molecule has 0 bridgehead atoms. The van der Waals surface area contributed by atoms with Crippen molar-refractivity contribution in [1.29, 1.82) is 0 Å². The van der Waals surface area contributed by atoms with Gasteiger partial charge in [-0.2, -0.15) is 0 Å².